The van der Waals surface area contributed by atoms with E-state index in [9.17, 15) is 0 Å². The number of piperidine rings is 1. The summed E-state index contributed by atoms with van der Waals surface area (Å²) in [6.07, 6.45) is 5.25. The molecule has 2 N–H and O–H groups in total. The lowest BCUT2D eigenvalue weighted by molar-refractivity contribution is 0.449. The zero-order chi connectivity index (χ0) is 12.3. The molecule has 2 nitrogen and oxygen atoms in total. The summed E-state index contributed by atoms with van der Waals surface area (Å²) in [5.41, 5.74) is 9.85. The lowest BCUT2D eigenvalue weighted by Gasteiger charge is -2.38. The SMILES string of the molecule is CCC1CCCCN1c1ccc(C)cc1CN. The van der Waals surface area contributed by atoms with Gasteiger partial charge in [0.25, 0.3) is 0 Å². The first-order valence-electron chi connectivity index (χ1n) is 6.82. The van der Waals surface area contributed by atoms with Crippen molar-refractivity contribution in [3.8, 4) is 0 Å². The molecule has 1 heterocycles. The molecule has 2 heteroatoms. The lowest BCUT2D eigenvalue weighted by atomic mass is 9.97. The van der Waals surface area contributed by atoms with E-state index in [0.29, 0.717) is 12.6 Å². The molecule has 0 amide bonds. The second-order valence-corrected chi connectivity index (χ2v) is 5.09. The van der Waals surface area contributed by atoms with E-state index < -0.39 is 0 Å². The van der Waals surface area contributed by atoms with Gasteiger partial charge in [0.2, 0.25) is 0 Å². The van der Waals surface area contributed by atoms with E-state index in [1.165, 1.54) is 49.0 Å². The Bertz CT molecular complexity index is 373. The predicted molar refractivity (Wildman–Crippen MR) is 74.3 cm³/mol. The number of hydrogen-bond acceptors (Lipinski definition) is 2. The molecule has 17 heavy (non-hydrogen) atoms. The molecule has 1 unspecified atom stereocenters. The van der Waals surface area contributed by atoms with Crippen LogP contribution in [0.1, 0.15) is 43.7 Å². The van der Waals surface area contributed by atoms with Crippen LogP contribution in [0.15, 0.2) is 18.2 Å². The monoisotopic (exact) mass is 232 g/mol. The molecule has 2 rings (SSSR count). The van der Waals surface area contributed by atoms with E-state index >= 15 is 0 Å². The summed E-state index contributed by atoms with van der Waals surface area (Å²) in [5.74, 6) is 0. The van der Waals surface area contributed by atoms with Gasteiger partial charge in [0, 0.05) is 24.8 Å². The van der Waals surface area contributed by atoms with Crippen molar-refractivity contribution in [2.75, 3.05) is 11.4 Å². The largest absolute Gasteiger partial charge is 0.368 e. The highest BCUT2D eigenvalue weighted by Crippen LogP contribution is 2.29. The zero-order valence-electron chi connectivity index (χ0n) is 11.1. The zero-order valence-corrected chi connectivity index (χ0v) is 11.1. The van der Waals surface area contributed by atoms with Crippen LogP contribution in [-0.4, -0.2) is 12.6 Å². The van der Waals surface area contributed by atoms with E-state index in [4.69, 9.17) is 5.73 Å². The highest BCUT2D eigenvalue weighted by molar-refractivity contribution is 5.56. The summed E-state index contributed by atoms with van der Waals surface area (Å²) >= 11 is 0. The number of aryl methyl sites for hydroxylation is 1. The van der Waals surface area contributed by atoms with Crippen LogP contribution in [0, 0.1) is 6.92 Å². The van der Waals surface area contributed by atoms with E-state index in [2.05, 4.69) is 36.9 Å². The standard InChI is InChI=1S/C15H24N2/c1-3-14-6-4-5-9-17(14)15-8-7-12(2)10-13(15)11-16/h7-8,10,14H,3-6,9,11,16H2,1-2H3. The Morgan fingerprint density at radius 3 is 2.88 bits per heavy atom. The van der Waals surface area contributed by atoms with E-state index in [1.807, 2.05) is 0 Å². The van der Waals surface area contributed by atoms with E-state index in [0.717, 1.165) is 0 Å². The highest BCUT2D eigenvalue weighted by Gasteiger charge is 2.22. The average Bonchev–Trinajstić information content (AvgIpc) is 2.38. The summed E-state index contributed by atoms with van der Waals surface area (Å²) in [6.45, 7) is 6.26. The molecule has 1 aromatic rings. The number of benzene rings is 1. The van der Waals surface area contributed by atoms with Crippen molar-refractivity contribution in [1.82, 2.24) is 0 Å². The van der Waals surface area contributed by atoms with Gasteiger partial charge in [-0.3, -0.25) is 0 Å². The Morgan fingerprint density at radius 1 is 1.35 bits per heavy atom. The smallest absolute Gasteiger partial charge is 0.0414 e. The first kappa shape index (κ1) is 12.4. The molecule has 0 aliphatic carbocycles. The molecule has 1 aliphatic heterocycles. The lowest BCUT2D eigenvalue weighted by Crippen LogP contribution is -2.39. The van der Waals surface area contributed by atoms with Gasteiger partial charge in [-0.15, -0.1) is 0 Å². The molecule has 94 valence electrons. The Hall–Kier alpha value is -1.02. The summed E-state index contributed by atoms with van der Waals surface area (Å²) in [7, 11) is 0. The van der Waals surface area contributed by atoms with Gasteiger partial charge >= 0.3 is 0 Å². The number of anilines is 1. The van der Waals surface area contributed by atoms with Gasteiger partial charge in [-0.25, -0.2) is 0 Å². The van der Waals surface area contributed by atoms with Crippen molar-refractivity contribution < 1.29 is 0 Å². The van der Waals surface area contributed by atoms with Crippen LogP contribution in [0.2, 0.25) is 0 Å². The Kier molecular flexibility index (Phi) is 4.06. The van der Waals surface area contributed by atoms with Gasteiger partial charge in [0.1, 0.15) is 0 Å². The second-order valence-electron chi connectivity index (χ2n) is 5.09. The van der Waals surface area contributed by atoms with Gasteiger partial charge in [-0.1, -0.05) is 24.6 Å². The molecule has 1 aliphatic rings. The van der Waals surface area contributed by atoms with Crippen LogP contribution < -0.4 is 10.6 Å². The van der Waals surface area contributed by atoms with Gasteiger partial charge in [-0.05, 0) is 44.2 Å². The maximum atomic E-state index is 5.89. The summed E-state index contributed by atoms with van der Waals surface area (Å²) in [4.78, 5) is 2.57. The van der Waals surface area contributed by atoms with Crippen LogP contribution in [-0.2, 0) is 6.54 Å². The highest BCUT2D eigenvalue weighted by atomic mass is 15.2. The first-order chi connectivity index (χ1) is 8.26. The third-order valence-electron chi connectivity index (χ3n) is 3.86. The fourth-order valence-electron chi connectivity index (χ4n) is 2.90. The molecule has 1 aromatic carbocycles. The van der Waals surface area contributed by atoms with Gasteiger partial charge in [0.15, 0.2) is 0 Å². The Morgan fingerprint density at radius 2 is 2.18 bits per heavy atom. The molecule has 1 saturated heterocycles. The van der Waals surface area contributed by atoms with Crippen molar-refractivity contribution in [1.29, 1.82) is 0 Å². The van der Waals surface area contributed by atoms with Crippen molar-refractivity contribution in [3.63, 3.8) is 0 Å². The molecule has 1 atom stereocenters. The summed E-state index contributed by atoms with van der Waals surface area (Å²) in [5, 5.41) is 0. The van der Waals surface area contributed by atoms with E-state index in [-0.39, 0.29) is 0 Å². The molecule has 0 saturated carbocycles. The van der Waals surface area contributed by atoms with Crippen molar-refractivity contribution in [3.05, 3.63) is 29.3 Å². The molecular weight excluding hydrogens is 208 g/mol. The van der Waals surface area contributed by atoms with Gasteiger partial charge in [-0.2, -0.15) is 0 Å². The topological polar surface area (TPSA) is 29.3 Å². The molecule has 1 fully saturated rings. The van der Waals surface area contributed by atoms with Crippen LogP contribution in [0.3, 0.4) is 0 Å². The van der Waals surface area contributed by atoms with Crippen LogP contribution in [0.5, 0.6) is 0 Å². The third kappa shape index (κ3) is 2.63. The predicted octanol–water partition coefficient (Wildman–Crippen LogP) is 3.22. The van der Waals surface area contributed by atoms with Gasteiger partial charge in [0.05, 0.1) is 0 Å². The number of hydrogen-bond donors (Lipinski definition) is 1. The summed E-state index contributed by atoms with van der Waals surface area (Å²) in [6, 6.07) is 7.40. The van der Waals surface area contributed by atoms with Gasteiger partial charge < -0.3 is 10.6 Å². The van der Waals surface area contributed by atoms with Crippen molar-refractivity contribution in [2.45, 2.75) is 52.1 Å². The normalized spacial score (nSPS) is 20.6. The minimum atomic E-state index is 0.643. The number of nitrogens with zero attached hydrogens (tertiary/aromatic N) is 1. The summed E-state index contributed by atoms with van der Waals surface area (Å²) < 4.78 is 0. The minimum Gasteiger partial charge on any atom is -0.368 e. The second kappa shape index (κ2) is 5.54. The first-order valence-corrected chi connectivity index (χ1v) is 6.82. The molecule has 0 bridgehead atoms. The van der Waals surface area contributed by atoms with Crippen LogP contribution >= 0.6 is 0 Å². The third-order valence-corrected chi connectivity index (χ3v) is 3.86. The molecule has 0 aromatic heterocycles. The Labute approximate surface area is 105 Å². The molecule has 0 spiro atoms. The number of nitrogens with two attached hydrogens (primary N) is 1. The fraction of sp³-hybridized carbons (Fsp3) is 0.600. The molecular formula is C15H24N2. The molecule has 0 radical (unpaired) electrons. The van der Waals surface area contributed by atoms with Crippen molar-refractivity contribution in [2.24, 2.45) is 5.73 Å². The maximum Gasteiger partial charge on any atom is 0.0414 e. The average molecular weight is 232 g/mol. The maximum absolute atomic E-state index is 5.89. The van der Waals surface area contributed by atoms with E-state index in [1.54, 1.807) is 0 Å². The van der Waals surface area contributed by atoms with Crippen molar-refractivity contribution >= 4 is 5.69 Å². The number of rotatable bonds is 3. The fourth-order valence-corrected chi connectivity index (χ4v) is 2.90. The van der Waals surface area contributed by atoms with Crippen LogP contribution in [0.4, 0.5) is 5.69 Å². The van der Waals surface area contributed by atoms with Crippen LogP contribution in [0.25, 0.3) is 0 Å². The Balaban J connectivity index is 2.30. The minimum absolute atomic E-state index is 0.643. The quantitative estimate of drug-likeness (QED) is 0.867.